The Morgan fingerprint density at radius 2 is 1.65 bits per heavy atom. The molecule has 4 aromatic rings. The van der Waals surface area contributed by atoms with Gasteiger partial charge in [0, 0.05) is 48.3 Å². The van der Waals surface area contributed by atoms with Crippen molar-refractivity contribution in [1.29, 1.82) is 0 Å². The number of benzene rings is 3. The second-order valence-electron chi connectivity index (χ2n) is 8.45. The number of aromatic nitrogens is 2. The largest absolute Gasteiger partial charge is 0.457 e. The van der Waals surface area contributed by atoms with Gasteiger partial charge >= 0.3 is 6.03 Å². The normalized spacial score (nSPS) is 14.3. The van der Waals surface area contributed by atoms with Crippen LogP contribution in [0.4, 0.5) is 15.6 Å². The van der Waals surface area contributed by atoms with Crippen LogP contribution in [-0.2, 0) is 0 Å². The van der Waals surface area contributed by atoms with Crippen LogP contribution < -0.4 is 15.0 Å². The number of nitrogens with one attached hydrogen (secondary N) is 1. The molecule has 1 saturated heterocycles. The highest BCUT2D eigenvalue weighted by atomic mass is 32.2. The molecule has 1 atom stereocenters. The maximum atomic E-state index is 12.7. The molecule has 5 rings (SSSR count). The van der Waals surface area contributed by atoms with Gasteiger partial charge in [0.15, 0.2) is 5.82 Å². The number of carbonyl (C=O) groups is 1. The van der Waals surface area contributed by atoms with E-state index in [2.05, 4.69) is 19.6 Å². The lowest BCUT2D eigenvalue weighted by Gasteiger charge is -2.34. The zero-order chi connectivity index (χ0) is 25.6. The van der Waals surface area contributed by atoms with Crippen LogP contribution in [0.2, 0.25) is 0 Å². The molecule has 8 nitrogen and oxygen atoms in total. The smallest absolute Gasteiger partial charge is 0.321 e. The number of carbonyl (C=O) groups excluding carboxylic acids is 1. The topological polar surface area (TPSA) is 90.8 Å². The van der Waals surface area contributed by atoms with E-state index in [0.717, 1.165) is 21.5 Å². The minimum Gasteiger partial charge on any atom is -0.457 e. The molecule has 1 aromatic heterocycles. The molecular weight excluding hydrogens is 506 g/mol. The van der Waals surface area contributed by atoms with Crippen molar-refractivity contribution in [2.45, 2.75) is 11.0 Å². The van der Waals surface area contributed by atoms with Crippen LogP contribution in [0, 0.1) is 0 Å². The van der Waals surface area contributed by atoms with E-state index in [1.165, 1.54) is 11.5 Å². The van der Waals surface area contributed by atoms with Crippen molar-refractivity contribution < 1.29 is 14.6 Å². The van der Waals surface area contributed by atoms with Crippen LogP contribution in [0.3, 0.4) is 0 Å². The number of aliphatic hydroxyl groups excluding tert-OH is 1. The Kier molecular flexibility index (Phi) is 7.88. The first-order valence-electron chi connectivity index (χ1n) is 11.9. The Hall–Kier alpha value is -3.60. The second kappa shape index (κ2) is 11.6. The third-order valence-electron chi connectivity index (χ3n) is 6.03. The molecule has 3 aromatic carbocycles. The predicted molar refractivity (Wildman–Crippen MR) is 148 cm³/mol. The van der Waals surface area contributed by atoms with Crippen molar-refractivity contribution in [3.8, 4) is 11.5 Å². The van der Waals surface area contributed by atoms with E-state index in [1.807, 2.05) is 85.1 Å². The number of hydrogen-bond donors (Lipinski definition) is 2. The second-order valence-corrected chi connectivity index (χ2v) is 10.1. The van der Waals surface area contributed by atoms with Crippen molar-refractivity contribution in [2.75, 3.05) is 42.7 Å². The zero-order valence-corrected chi connectivity index (χ0v) is 21.9. The summed E-state index contributed by atoms with van der Waals surface area (Å²) in [6.45, 7) is 2.45. The lowest BCUT2D eigenvalue weighted by atomic mass is 10.1. The molecule has 1 aliphatic rings. The average molecular weight is 534 g/mol. The molecule has 0 bridgehead atoms. The molecule has 1 aliphatic heterocycles. The summed E-state index contributed by atoms with van der Waals surface area (Å²) in [5.41, 5.74) is 1.48. The Bertz CT molecular complexity index is 1310. The van der Waals surface area contributed by atoms with Crippen molar-refractivity contribution >= 4 is 40.1 Å². The third-order valence-corrected chi connectivity index (χ3v) is 7.56. The van der Waals surface area contributed by atoms with Gasteiger partial charge in [-0.2, -0.15) is 4.37 Å². The lowest BCUT2D eigenvalue weighted by Crippen LogP contribution is -2.50. The van der Waals surface area contributed by atoms with Crippen molar-refractivity contribution in [1.82, 2.24) is 14.3 Å². The van der Waals surface area contributed by atoms with Crippen LogP contribution in [-0.4, -0.2) is 57.8 Å². The fraction of sp³-hybridized carbons (Fsp3) is 0.222. The van der Waals surface area contributed by atoms with E-state index in [4.69, 9.17) is 4.74 Å². The van der Waals surface area contributed by atoms with Crippen LogP contribution in [0.15, 0.2) is 83.8 Å². The number of aliphatic hydroxyl groups is 1. The SMILES string of the molecule is CSc1ccc(NC(=O)N2CCN(c3nc(C(O)c4ccc(Oc5ccccc5)cc4)ns3)CC2)cc1. The Morgan fingerprint density at radius 1 is 0.973 bits per heavy atom. The molecule has 1 unspecified atom stereocenters. The van der Waals surface area contributed by atoms with Gasteiger partial charge < -0.3 is 25.0 Å². The molecule has 0 spiro atoms. The van der Waals surface area contributed by atoms with Crippen LogP contribution in [0.25, 0.3) is 0 Å². The highest BCUT2D eigenvalue weighted by Gasteiger charge is 2.25. The number of ether oxygens (including phenoxy) is 1. The Labute approximate surface area is 224 Å². The van der Waals surface area contributed by atoms with Gasteiger partial charge in [0.2, 0.25) is 5.13 Å². The van der Waals surface area contributed by atoms with Gasteiger partial charge in [0.05, 0.1) is 0 Å². The number of rotatable bonds is 7. The van der Waals surface area contributed by atoms with E-state index >= 15 is 0 Å². The molecule has 1 fully saturated rings. The summed E-state index contributed by atoms with van der Waals surface area (Å²) < 4.78 is 10.2. The number of piperazine rings is 1. The van der Waals surface area contributed by atoms with E-state index in [9.17, 15) is 9.90 Å². The van der Waals surface area contributed by atoms with Crippen LogP contribution in [0.1, 0.15) is 17.5 Å². The number of anilines is 2. The summed E-state index contributed by atoms with van der Waals surface area (Å²) in [6.07, 6.45) is 1.09. The van der Waals surface area contributed by atoms with Gasteiger partial charge in [-0.3, -0.25) is 0 Å². The molecule has 2 amide bonds. The van der Waals surface area contributed by atoms with Crippen molar-refractivity contribution in [3.63, 3.8) is 0 Å². The standard InChI is InChI=1S/C27H27N5O3S2/c1-36-23-13-9-20(10-14-23)28-26(34)31-15-17-32(18-16-31)27-29-25(30-37-27)24(33)19-7-11-22(12-8-19)35-21-5-3-2-4-6-21/h2-14,24,33H,15-18H2,1H3,(H,28,34). The summed E-state index contributed by atoms with van der Waals surface area (Å²) in [7, 11) is 0. The minimum absolute atomic E-state index is 0.107. The average Bonchev–Trinajstić information content (AvgIpc) is 3.45. The molecule has 2 N–H and O–H groups in total. The fourth-order valence-corrected chi connectivity index (χ4v) is 5.09. The molecule has 2 heterocycles. The van der Waals surface area contributed by atoms with Crippen molar-refractivity contribution in [2.24, 2.45) is 0 Å². The van der Waals surface area contributed by atoms with Gasteiger partial charge in [-0.15, -0.1) is 11.8 Å². The first kappa shape index (κ1) is 25.1. The van der Waals surface area contributed by atoms with E-state index in [0.29, 0.717) is 43.3 Å². The summed E-state index contributed by atoms with van der Waals surface area (Å²) in [4.78, 5) is 22.3. The fourth-order valence-electron chi connectivity index (χ4n) is 3.94. The number of nitrogens with zero attached hydrogens (tertiary/aromatic N) is 4. The number of amides is 2. The first-order valence-corrected chi connectivity index (χ1v) is 13.9. The Morgan fingerprint density at radius 3 is 2.32 bits per heavy atom. The first-order chi connectivity index (χ1) is 18.1. The zero-order valence-electron chi connectivity index (χ0n) is 20.3. The van der Waals surface area contributed by atoms with E-state index < -0.39 is 6.10 Å². The maximum Gasteiger partial charge on any atom is 0.321 e. The molecule has 0 radical (unpaired) electrons. The summed E-state index contributed by atoms with van der Waals surface area (Å²) in [5, 5.41) is 14.5. The number of thioether (sulfide) groups is 1. The lowest BCUT2D eigenvalue weighted by molar-refractivity contribution is 0.208. The molecule has 190 valence electrons. The number of para-hydroxylation sites is 1. The van der Waals surface area contributed by atoms with E-state index in [1.54, 1.807) is 16.7 Å². The predicted octanol–water partition coefficient (Wildman–Crippen LogP) is 5.49. The monoisotopic (exact) mass is 533 g/mol. The van der Waals surface area contributed by atoms with E-state index in [-0.39, 0.29) is 6.03 Å². The summed E-state index contributed by atoms with van der Waals surface area (Å²) >= 11 is 2.92. The molecular formula is C27H27N5O3S2. The maximum absolute atomic E-state index is 12.7. The highest BCUT2D eigenvalue weighted by molar-refractivity contribution is 7.98. The van der Waals surface area contributed by atoms with Gasteiger partial charge in [0.1, 0.15) is 17.6 Å². The molecule has 0 aliphatic carbocycles. The van der Waals surface area contributed by atoms with Crippen LogP contribution >= 0.6 is 23.3 Å². The molecule has 10 heteroatoms. The Balaban J connectivity index is 1.14. The van der Waals surface area contributed by atoms with Gasteiger partial charge in [-0.1, -0.05) is 30.3 Å². The highest BCUT2D eigenvalue weighted by Crippen LogP contribution is 2.28. The number of urea groups is 1. The minimum atomic E-state index is -0.930. The molecule has 37 heavy (non-hydrogen) atoms. The van der Waals surface area contributed by atoms with Gasteiger partial charge in [-0.25, -0.2) is 9.78 Å². The summed E-state index contributed by atoms with van der Waals surface area (Å²) in [5.74, 6) is 1.81. The van der Waals surface area contributed by atoms with Gasteiger partial charge in [0.25, 0.3) is 0 Å². The van der Waals surface area contributed by atoms with Gasteiger partial charge in [-0.05, 0) is 60.4 Å². The van der Waals surface area contributed by atoms with Crippen LogP contribution in [0.5, 0.6) is 11.5 Å². The third kappa shape index (κ3) is 6.22. The quantitative estimate of drug-likeness (QED) is 0.304. The molecule has 0 saturated carbocycles. The van der Waals surface area contributed by atoms with Crippen molar-refractivity contribution in [3.05, 3.63) is 90.3 Å². The number of hydrogen-bond acceptors (Lipinski definition) is 8. The summed E-state index contributed by atoms with van der Waals surface area (Å²) in [6, 6.07) is 24.5.